The largest absolute Gasteiger partial charge is 0.465 e. The van der Waals surface area contributed by atoms with Gasteiger partial charge in [0.2, 0.25) is 0 Å². The number of nitrogens with zero attached hydrogens (tertiary/aromatic N) is 3. The van der Waals surface area contributed by atoms with Crippen molar-refractivity contribution in [1.82, 2.24) is 9.97 Å². The molecule has 0 saturated heterocycles. The minimum atomic E-state index is -3.92. The standard InChI is InChI=1S/C12H13N3O4S2/c1-8-7-20-10(12(16)19-3)11(8)21(17,18)15(2)9-6-13-4-5-14-9/h4-7H,1-3H3. The maximum atomic E-state index is 12.7. The Morgan fingerprint density at radius 2 is 2.10 bits per heavy atom. The van der Waals surface area contributed by atoms with Crippen molar-refractivity contribution >= 4 is 33.1 Å². The predicted molar refractivity (Wildman–Crippen MR) is 78.0 cm³/mol. The highest BCUT2D eigenvalue weighted by atomic mass is 32.2. The van der Waals surface area contributed by atoms with E-state index in [1.165, 1.54) is 32.7 Å². The summed E-state index contributed by atoms with van der Waals surface area (Å²) >= 11 is 1.03. The lowest BCUT2D eigenvalue weighted by Crippen LogP contribution is -2.29. The van der Waals surface area contributed by atoms with E-state index in [0.717, 1.165) is 15.6 Å². The lowest BCUT2D eigenvalue weighted by molar-refractivity contribution is 0.0602. The first kappa shape index (κ1) is 15.4. The van der Waals surface area contributed by atoms with E-state index in [4.69, 9.17) is 0 Å². The normalized spacial score (nSPS) is 11.2. The third-order valence-electron chi connectivity index (χ3n) is 2.78. The van der Waals surface area contributed by atoms with E-state index in [9.17, 15) is 13.2 Å². The Bertz CT molecular complexity index is 756. The molecule has 0 aromatic carbocycles. The molecule has 0 saturated carbocycles. The van der Waals surface area contributed by atoms with E-state index < -0.39 is 16.0 Å². The van der Waals surface area contributed by atoms with Gasteiger partial charge in [-0.2, -0.15) is 0 Å². The highest BCUT2D eigenvalue weighted by Crippen LogP contribution is 2.30. The number of carbonyl (C=O) groups is 1. The van der Waals surface area contributed by atoms with Crippen LogP contribution in [0.5, 0.6) is 0 Å². The van der Waals surface area contributed by atoms with Crippen LogP contribution in [-0.2, 0) is 14.8 Å². The van der Waals surface area contributed by atoms with Gasteiger partial charge < -0.3 is 4.74 Å². The average Bonchev–Trinajstić information content (AvgIpc) is 2.89. The Kier molecular flexibility index (Phi) is 4.24. The summed E-state index contributed by atoms with van der Waals surface area (Å²) in [7, 11) is -1.36. The molecule has 7 nitrogen and oxygen atoms in total. The molecule has 2 aromatic heterocycles. The van der Waals surface area contributed by atoms with Crippen molar-refractivity contribution in [2.45, 2.75) is 11.8 Å². The van der Waals surface area contributed by atoms with E-state index in [0.29, 0.717) is 5.56 Å². The summed E-state index contributed by atoms with van der Waals surface area (Å²) in [4.78, 5) is 19.5. The molecule has 0 spiro atoms. The molecule has 0 bridgehead atoms. The monoisotopic (exact) mass is 327 g/mol. The van der Waals surface area contributed by atoms with Crippen molar-refractivity contribution in [3.8, 4) is 0 Å². The zero-order valence-electron chi connectivity index (χ0n) is 11.6. The molecule has 0 aliphatic heterocycles. The number of aryl methyl sites for hydroxylation is 1. The van der Waals surface area contributed by atoms with Crippen molar-refractivity contribution in [3.63, 3.8) is 0 Å². The van der Waals surface area contributed by atoms with E-state index >= 15 is 0 Å². The van der Waals surface area contributed by atoms with Gasteiger partial charge in [0.05, 0.1) is 13.3 Å². The highest BCUT2D eigenvalue weighted by molar-refractivity contribution is 7.93. The number of rotatable bonds is 4. The molecular formula is C12H13N3O4S2. The van der Waals surface area contributed by atoms with Crippen LogP contribution in [0.15, 0.2) is 28.9 Å². The van der Waals surface area contributed by atoms with Crippen molar-refractivity contribution < 1.29 is 17.9 Å². The smallest absolute Gasteiger partial charge is 0.349 e. The molecule has 0 N–H and O–H groups in total. The van der Waals surface area contributed by atoms with Crippen LogP contribution in [0.25, 0.3) is 0 Å². The van der Waals surface area contributed by atoms with Crippen LogP contribution in [0.2, 0.25) is 0 Å². The summed E-state index contributed by atoms with van der Waals surface area (Å²) in [6, 6.07) is 0. The number of sulfonamides is 1. The molecule has 0 atom stereocenters. The van der Waals surface area contributed by atoms with Crippen LogP contribution in [0.4, 0.5) is 5.82 Å². The number of ether oxygens (including phenoxy) is 1. The molecule has 0 aliphatic rings. The first-order valence-corrected chi connectivity index (χ1v) is 8.13. The van der Waals surface area contributed by atoms with E-state index in [1.54, 1.807) is 12.3 Å². The van der Waals surface area contributed by atoms with Gasteiger partial charge in [-0.3, -0.25) is 9.29 Å². The van der Waals surface area contributed by atoms with Crippen molar-refractivity contribution in [3.05, 3.63) is 34.4 Å². The zero-order valence-corrected chi connectivity index (χ0v) is 13.2. The topological polar surface area (TPSA) is 89.5 Å². The third kappa shape index (κ3) is 2.74. The van der Waals surface area contributed by atoms with Gasteiger partial charge in [0, 0.05) is 19.4 Å². The van der Waals surface area contributed by atoms with Gasteiger partial charge in [-0.25, -0.2) is 18.2 Å². The number of anilines is 1. The summed E-state index contributed by atoms with van der Waals surface area (Å²) in [5, 5.41) is 1.60. The van der Waals surface area contributed by atoms with Gasteiger partial charge >= 0.3 is 5.97 Å². The maximum absolute atomic E-state index is 12.7. The Hall–Kier alpha value is -2.00. The molecule has 0 aliphatic carbocycles. The van der Waals surface area contributed by atoms with Gasteiger partial charge in [0.25, 0.3) is 10.0 Å². The van der Waals surface area contributed by atoms with Gasteiger partial charge in [-0.1, -0.05) is 0 Å². The number of carbonyl (C=O) groups excluding carboxylic acids is 1. The summed E-state index contributed by atoms with van der Waals surface area (Å²) in [5.74, 6) is -0.516. The van der Waals surface area contributed by atoms with Crippen molar-refractivity contribution in [2.75, 3.05) is 18.5 Å². The second-order valence-corrected chi connectivity index (χ2v) is 6.89. The average molecular weight is 327 g/mol. The highest BCUT2D eigenvalue weighted by Gasteiger charge is 2.31. The second-order valence-electron chi connectivity index (χ2n) is 4.10. The molecule has 0 amide bonds. The van der Waals surface area contributed by atoms with Gasteiger partial charge in [0.15, 0.2) is 5.82 Å². The fourth-order valence-corrected chi connectivity index (χ4v) is 4.49. The SMILES string of the molecule is COC(=O)c1scc(C)c1S(=O)(=O)N(C)c1cnccn1. The Morgan fingerprint density at radius 3 is 2.67 bits per heavy atom. The van der Waals surface area contributed by atoms with E-state index in [2.05, 4.69) is 14.7 Å². The molecule has 112 valence electrons. The number of thiophene rings is 1. The van der Waals surface area contributed by atoms with Crippen LogP contribution < -0.4 is 4.31 Å². The van der Waals surface area contributed by atoms with E-state index in [-0.39, 0.29) is 15.6 Å². The van der Waals surface area contributed by atoms with Gasteiger partial charge in [-0.15, -0.1) is 11.3 Å². The summed E-state index contributed by atoms with van der Waals surface area (Å²) < 4.78 is 31.0. The third-order valence-corrected chi connectivity index (χ3v) is 5.94. The quantitative estimate of drug-likeness (QED) is 0.790. The fraction of sp³-hybridized carbons (Fsp3) is 0.250. The van der Waals surface area contributed by atoms with Crippen LogP contribution in [0, 0.1) is 6.92 Å². The number of hydrogen-bond acceptors (Lipinski definition) is 7. The minimum absolute atomic E-state index is 0.0470. The van der Waals surface area contributed by atoms with Crippen LogP contribution in [-0.4, -0.2) is 38.5 Å². The Labute approximate surface area is 126 Å². The van der Waals surface area contributed by atoms with Crippen LogP contribution >= 0.6 is 11.3 Å². The summed E-state index contributed by atoms with van der Waals surface area (Å²) in [5.41, 5.74) is 0.483. The van der Waals surface area contributed by atoms with Gasteiger partial charge in [0.1, 0.15) is 9.77 Å². The summed E-state index contributed by atoms with van der Waals surface area (Å²) in [6.07, 6.45) is 4.17. The van der Waals surface area contributed by atoms with Crippen LogP contribution in [0.1, 0.15) is 15.2 Å². The molecule has 2 heterocycles. The lowest BCUT2D eigenvalue weighted by atomic mass is 10.3. The molecule has 2 rings (SSSR count). The van der Waals surface area contributed by atoms with E-state index in [1.807, 2.05) is 0 Å². The Morgan fingerprint density at radius 1 is 1.38 bits per heavy atom. The lowest BCUT2D eigenvalue weighted by Gasteiger charge is -2.18. The maximum Gasteiger partial charge on any atom is 0.349 e. The van der Waals surface area contributed by atoms with Crippen molar-refractivity contribution in [2.24, 2.45) is 0 Å². The predicted octanol–water partition coefficient (Wildman–Crippen LogP) is 1.46. The van der Waals surface area contributed by atoms with Gasteiger partial charge in [-0.05, 0) is 17.9 Å². The second kappa shape index (κ2) is 5.78. The molecule has 0 radical (unpaired) electrons. The fourth-order valence-electron chi connectivity index (χ4n) is 1.70. The molecular weight excluding hydrogens is 314 g/mol. The molecule has 0 fully saturated rings. The minimum Gasteiger partial charge on any atom is -0.465 e. The zero-order chi connectivity index (χ0) is 15.6. The van der Waals surface area contributed by atoms with Crippen LogP contribution in [0.3, 0.4) is 0 Å². The Balaban J connectivity index is 2.55. The molecule has 0 unspecified atom stereocenters. The first-order valence-electron chi connectivity index (χ1n) is 5.81. The number of aromatic nitrogens is 2. The molecule has 2 aromatic rings. The number of methoxy groups -OCH3 is 1. The summed E-state index contributed by atoms with van der Waals surface area (Å²) in [6.45, 7) is 1.63. The first-order chi connectivity index (χ1) is 9.89. The molecule has 21 heavy (non-hydrogen) atoms. The molecule has 9 heteroatoms. The number of esters is 1. The van der Waals surface area contributed by atoms with Crippen molar-refractivity contribution in [1.29, 1.82) is 0 Å². The number of hydrogen-bond donors (Lipinski definition) is 0.